The van der Waals surface area contributed by atoms with Crippen LogP contribution in [-0.2, 0) is 4.79 Å². The summed E-state index contributed by atoms with van der Waals surface area (Å²) < 4.78 is 0. The maximum Gasteiger partial charge on any atom is 0.324 e. The highest BCUT2D eigenvalue weighted by molar-refractivity contribution is 7.15. The first-order valence-corrected chi connectivity index (χ1v) is 11.3. The third kappa shape index (κ3) is 3.66. The summed E-state index contributed by atoms with van der Waals surface area (Å²) in [5, 5.41) is 21.9. The third-order valence-corrected chi connectivity index (χ3v) is 7.46. The lowest BCUT2D eigenvalue weighted by atomic mass is 9.69. The van der Waals surface area contributed by atoms with Crippen LogP contribution in [0.2, 0.25) is 10.0 Å². The van der Waals surface area contributed by atoms with E-state index in [-0.39, 0.29) is 27.6 Å². The summed E-state index contributed by atoms with van der Waals surface area (Å²) in [5.74, 6) is -0.699. The Labute approximate surface area is 198 Å². The molecule has 1 aromatic carbocycles. The molecule has 10 heteroatoms. The molecule has 0 saturated heterocycles. The molecule has 0 saturated carbocycles. The van der Waals surface area contributed by atoms with E-state index < -0.39 is 10.8 Å². The SMILES string of the molecule is CC1(C)CC(=O)C2=C(C1)N(c1ccc(Cl)c(Cl)c1)C(N)=C(C#N)[C@@H]2c1ccc([N+](=O)[O-])s1. The van der Waals surface area contributed by atoms with Crippen LogP contribution in [0.15, 0.2) is 53.0 Å². The molecule has 164 valence electrons. The number of hydrogen-bond donors (Lipinski definition) is 1. The van der Waals surface area contributed by atoms with E-state index >= 15 is 0 Å². The fraction of sp³-hybridized carbons (Fsp3) is 0.273. The second-order valence-corrected chi connectivity index (χ2v) is 10.4. The molecule has 0 spiro atoms. The van der Waals surface area contributed by atoms with Crippen LogP contribution in [0.3, 0.4) is 0 Å². The van der Waals surface area contributed by atoms with Crippen LogP contribution in [-0.4, -0.2) is 10.7 Å². The molecule has 1 atom stereocenters. The average molecular weight is 489 g/mol. The van der Waals surface area contributed by atoms with Crippen LogP contribution >= 0.6 is 34.5 Å². The largest absolute Gasteiger partial charge is 0.384 e. The van der Waals surface area contributed by atoms with E-state index in [1.165, 1.54) is 6.07 Å². The summed E-state index contributed by atoms with van der Waals surface area (Å²) in [4.78, 5) is 26.4. The Balaban J connectivity index is 1.99. The van der Waals surface area contributed by atoms with Gasteiger partial charge in [0, 0.05) is 34.3 Å². The quantitative estimate of drug-likeness (QED) is 0.424. The van der Waals surface area contributed by atoms with Gasteiger partial charge in [0.15, 0.2) is 5.78 Å². The highest BCUT2D eigenvalue weighted by atomic mass is 35.5. The van der Waals surface area contributed by atoms with E-state index in [1.807, 2.05) is 13.8 Å². The van der Waals surface area contributed by atoms with Gasteiger partial charge in [0.1, 0.15) is 5.82 Å². The minimum atomic E-state index is -0.753. The van der Waals surface area contributed by atoms with E-state index in [0.29, 0.717) is 44.7 Å². The number of carbonyl (C=O) groups excluding carboxylic acids is 1. The first-order chi connectivity index (χ1) is 15.0. The number of carbonyl (C=O) groups is 1. The highest BCUT2D eigenvalue weighted by Crippen LogP contribution is 2.51. The lowest BCUT2D eigenvalue weighted by Crippen LogP contribution is -2.42. The number of ketones is 1. The van der Waals surface area contributed by atoms with Crippen molar-refractivity contribution >= 4 is 51.0 Å². The van der Waals surface area contributed by atoms with Crippen LogP contribution in [0.25, 0.3) is 0 Å². The van der Waals surface area contributed by atoms with E-state index in [0.717, 1.165) is 11.3 Å². The predicted octanol–water partition coefficient (Wildman–Crippen LogP) is 5.90. The van der Waals surface area contributed by atoms with Gasteiger partial charge in [-0.05, 0) is 36.1 Å². The van der Waals surface area contributed by atoms with Crippen LogP contribution in [0.4, 0.5) is 10.7 Å². The molecule has 2 N–H and O–H groups in total. The number of benzene rings is 1. The van der Waals surface area contributed by atoms with E-state index in [9.17, 15) is 20.2 Å². The number of hydrogen-bond acceptors (Lipinski definition) is 7. The van der Waals surface area contributed by atoms with Gasteiger partial charge in [0.05, 0.1) is 32.5 Å². The molecule has 1 aliphatic heterocycles. The molecule has 1 aromatic heterocycles. The van der Waals surface area contributed by atoms with Crippen LogP contribution in [0.1, 0.15) is 37.5 Å². The Morgan fingerprint density at radius 3 is 2.56 bits per heavy atom. The summed E-state index contributed by atoms with van der Waals surface area (Å²) in [6.45, 7) is 3.98. The molecule has 1 aliphatic carbocycles. The standard InChI is InChI=1S/C22H18Cl2N4O3S/c1-22(2)8-15-20(16(29)9-22)19(17-5-6-18(32-17)28(30)31)12(10-25)21(26)27(15)11-3-4-13(23)14(24)7-11/h3-7,19H,8-9,26H2,1-2H3/t19-/m1/s1. The second-order valence-electron chi connectivity index (χ2n) is 8.51. The van der Waals surface area contributed by atoms with Gasteiger partial charge in [0.25, 0.3) is 0 Å². The van der Waals surface area contributed by atoms with Crippen molar-refractivity contribution in [2.45, 2.75) is 32.6 Å². The van der Waals surface area contributed by atoms with Gasteiger partial charge in [-0.2, -0.15) is 5.26 Å². The van der Waals surface area contributed by atoms with Gasteiger partial charge in [-0.15, -0.1) is 0 Å². The Morgan fingerprint density at radius 2 is 1.97 bits per heavy atom. The average Bonchev–Trinajstić information content (AvgIpc) is 3.19. The molecule has 0 bridgehead atoms. The van der Waals surface area contributed by atoms with Gasteiger partial charge in [-0.25, -0.2) is 0 Å². The molecule has 4 rings (SSSR count). The zero-order valence-corrected chi connectivity index (χ0v) is 19.5. The predicted molar refractivity (Wildman–Crippen MR) is 125 cm³/mol. The number of Topliss-reactive ketones (excluding diaryl/α,β-unsaturated/α-hetero) is 1. The number of nitro groups is 1. The van der Waals surface area contributed by atoms with Crippen LogP contribution in [0, 0.1) is 26.9 Å². The van der Waals surface area contributed by atoms with Gasteiger partial charge in [0.2, 0.25) is 0 Å². The van der Waals surface area contributed by atoms with Crippen molar-refractivity contribution in [1.29, 1.82) is 5.26 Å². The molecule has 32 heavy (non-hydrogen) atoms. The molecular weight excluding hydrogens is 471 g/mol. The smallest absolute Gasteiger partial charge is 0.324 e. The van der Waals surface area contributed by atoms with Gasteiger partial charge in [-0.3, -0.25) is 19.8 Å². The van der Waals surface area contributed by atoms with Crippen molar-refractivity contribution in [3.8, 4) is 6.07 Å². The number of nitriles is 1. The van der Waals surface area contributed by atoms with E-state index in [2.05, 4.69) is 6.07 Å². The van der Waals surface area contributed by atoms with Crippen molar-refractivity contribution in [1.82, 2.24) is 0 Å². The molecule has 0 unspecified atom stereocenters. The Bertz CT molecular complexity index is 1270. The molecule has 7 nitrogen and oxygen atoms in total. The number of anilines is 1. The van der Waals surface area contributed by atoms with Crippen molar-refractivity contribution < 1.29 is 9.72 Å². The van der Waals surface area contributed by atoms with Gasteiger partial charge in [-0.1, -0.05) is 48.4 Å². The van der Waals surface area contributed by atoms with Gasteiger partial charge >= 0.3 is 5.00 Å². The fourth-order valence-electron chi connectivity index (χ4n) is 4.31. The minimum Gasteiger partial charge on any atom is -0.384 e. The molecule has 0 amide bonds. The topological polar surface area (TPSA) is 113 Å². The summed E-state index contributed by atoms with van der Waals surface area (Å²) >= 11 is 13.3. The van der Waals surface area contributed by atoms with Gasteiger partial charge < -0.3 is 5.73 Å². The minimum absolute atomic E-state index is 0.0616. The first kappa shape index (κ1) is 22.3. The van der Waals surface area contributed by atoms with Crippen molar-refractivity contribution in [3.63, 3.8) is 0 Å². The highest BCUT2D eigenvalue weighted by Gasteiger charge is 2.45. The molecule has 2 aromatic rings. The summed E-state index contributed by atoms with van der Waals surface area (Å²) in [5.41, 5.74) is 8.05. The summed E-state index contributed by atoms with van der Waals surface area (Å²) in [7, 11) is 0. The second kappa shape index (κ2) is 7.93. The van der Waals surface area contributed by atoms with E-state index in [4.69, 9.17) is 28.9 Å². The Morgan fingerprint density at radius 1 is 1.25 bits per heavy atom. The Kier molecular flexibility index (Phi) is 5.53. The number of thiophene rings is 1. The van der Waals surface area contributed by atoms with Crippen molar-refractivity contribution in [3.05, 3.63) is 78.0 Å². The Hall–Kier alpha value is -2.86. The number of nitrogens with zero attached hydrogens (tertiary/aromatic N) is 3. The zero-order valence-electron chi connectivity index (χ0n) is 17.2. The first-order valence-electron chi connectivity index (χ1n) is 9.69. The lowest BCUT2D eigenvalue weighted by molar-refractivity contribution is -0.380. The lowest BCUT2D eigenvalue weighted by Gasteiger charge is -2.43. The third-order valence-electron chi connectivity index (χ3n) is 5.62. The number of halogens is 2. The maximum atomic E-state index is 13.4. The molecular formula is C22H18Cl2N4O3S. The molecule has 2 aliphatic rings. The van der Waals surface area contributed by atoms with Crippen molar-refractivity contribution in [2.75, 3.05) is 4.90 Å². The molecule has 0 radical (unpaired) electrons. The van der Waals surface area contributed by atoms with E-state index in [1.54, 1.807) is 29.2 Å². The fourth-order valence-corrected chi connectivity index (χ4v) is 5.54. The zero-order chi connectivity index (χ0) is 23.4. The maximum absolute atomic E-state index is 13.4. The summed E-state index contributed by atoms with van der Waals surface area (Å²) in [6.07, 6.45) is 0.821. The monoisotopic (exact) mass is 488 g/mol. The van der Waals surface area contributed by atoms with Crippen LogP contribution < -0.4 is 10.6 Å². The number of rotatable bonds is 3. The van der Waals surface area contributed by atoms with Crippen LogP contribution in [0.5, 0.6) is 0 Å². The number of nitrogens with two attached hydrogens (primary N) is 1. The normalized spacial score (nSPS) is 20.3. The summed E-state index contributed by atoms with van der Waals surface area (Å²) in [6, 6.07) is 10.1. The van der Waals surface area contributed by atoms with Crippen molar-refractivity contribution in [2.24, 2.45) is 11.1 Å². The molecule has 0 fully saturated rings. The molecule has 2 heterocycles. The number of allylic oxidation sites excluding steroid dienone is 3.